The second kappa shape index (κ2) is 9.50. The molecule has 0 fully saturated rings. The van der Waals surface area contributed by atoms with Crippen molar-refractivity contribution in [1.29, 1.82) is 0 Å². The Bertz CT molecular complexity index is 955. The molecule has 0 bridgehead atoms. The SMILES string of the molecule is COc1ccccc1C(=O)NCCC(=O)NC(C)c1ccc(-n2cncn2)cc1. The van der Waals surface area contributed by atoms with Crippen molar-refractivity contribution in [2.24, 2.45) is 0 Å². The molecule has 1 heterocycles. The maximum atomic E-state index is 12.2. The van der Waals surface area contributed by atoms with Gasteiger partial charge < -0.3 is 15.4 Å². The molecule has 1 atom stereocenters. The summed E-state index contributed by atoms with van der Waals surface area (Å²) in [5.74, 6) is 0.0857. The van der Waals surface area contributed by atoms with Crippen LogP contribution in [0.4, 0.5) is 0 Å². The number of para-hydroxylation sites is 1. The van der Waals surface area contributed by atoms with Crippen LogP contribution in [0, 0.1) is 0 Å². The van der Waals surface area contributed by atoms with Crippen LogP contribution >= 0.6 is 0 Å². The molecule has 3 rings (SSSR count). The van der Waals surface area contributed by atoms with Crippen LogP contribution < -0.4 is 15.4 Å². The van der Waals surface area contributed by atoms with Crippen molar-refractivity contribution >= 4 is 11.8 Å². The summed E-state index contributed by atoms with van der Waals surface area (Å²) < 4.78 is 6.84. The largest absolute Gasteiger partial charge is 0.496 e. The number of rotatable bonds is 8. The van der Waals surface area contributed by atoms with Gasteiger partial charge in [-0.05, 0) is 36.8 Å². The van der Waals surface area contributed by atoms with Crippen molar-refractivity contribution in [3.05, 3.63) is 72.3 Å². The van der Waals surface area contributed by atoms with Gasteiger partial charge >= 0.3 is 0 Å². The molecule has 0 aliphatic carbocycles. The van der Waals surface area contributed by atoms with E-state index in [0.29, 0.717) is 11.3 Å². The third kappa shape index (κ3) is 5.19. The number of carbonyl (C=O) groups excluding carboxylic acids is 2. The van der Waals surface area contributed by atoms with Gasteiger partial charge in [-0.15, -0.1) is 0 Å². The lowest BCUT2D eigenvalue weighted by Crippen LogP contribution is -2.32. The minimum atomic E-state index is -0.271. The first-order valence-corrected chi connectivity index (χ1v) is 9.24. The van der Waals surface area contributed by atoms with Crippen LogP contribution in [0.15, 0.2) is 61.2 Å². The monoisotopic (exact) mass is 393 g/mol. The lowest BCUT2D eigenvalue weighted by atomic mass is 10.1. The first-order chi connectivity index (χ1) is 14.1. The van der Waals surface area contributed by atoms with Gasteiger partial charge in [0, 0.05) is 13.0 Å². The summed E-state index contributed by atoms with van der Waals surface area (Å²) in [6.07, 6.45) is 3.28. The van der Waals surface area contributed by atoms with Crippen molar-refractivity contribution < 1.29 is 14.3 Å². The smallest absolute Gasteiger partial charge is 0.255 e. The van der Waals surface area contributed by atoms with Crippen molar-refractivity contribution in [2.75, 3.05) is 13.7 Å². The van der Waals surface area contributed by atoms with Crippen LogP contribution in [0.3, 0.4) is 0 Å². The van der Waals surface area contributed by atoms with Gasteiger partial charge in [0.05, 0.1) is 24.4 Å². The van der Waals surface area contributed by atoms with Crippen molar-refractivity contribution in [3.63, 3.8) is 0 Å². The minimum Gasteiger partial charge on any atom is -0.496 e. The lowest BCUT2D eigenvalue weighted by molar-refractivity contribution is -0.121. The summed E-state index contributed by atoms with van der Waals surface area (Å²) in [7, 11) is 1.51. The molecule has 2 amide bonds. The Morgan fingerprint density at radius 1 is 1.14 bits per heavy atom. The van der Waals surface area contributed by atoms with Crippen molar-refractivity contribution in [3.8, 4) is 11.4 Å². The van der Waals surface area contributed by atoms with E-state index >= 15 is 0 Å². The van der Waals surface area contributed by atoms with E-state index in [0.717, 1.165) is 11.3 Å². The molecule has 8 heteroatoms. The Morgan fingerprint density at radius 3 is 2.59 bits per heavy atom. The Morgan fingerprint density at radius 2 is 1.90 bits per heavy atom. The molecule has 150 valence electrons. The topological polar surface area (TPSA) is 98.1 Å². The van der Waals surface area contributed by atoms with Crippen LogP contribution in [0.1, 0.15) is 35.3 Å². The number of hydrogen-bond donors (Lipinski definition) is 2. The fourth-order valence-electron chi connectivity index (χ4n) is 2.87. The van der Waals surface area contributed by atoms with Gasteiger partial charge in [-0.1, -0.05) is 24.3 Å². The second-order valence-electron chi connectivity index (χ2n) is 6.43. The third-order valence-corrected chi connectivity index (χ3v) is 4.44. The van der Waals surface area contributed by atoms with E-state index in [1.165, 1.54) is 13.4 Å². The molecular weight excluding hydrogens is 370 g/mol. The quantitative estimate of drug-likeness (QED) is 0.612. The van der Waals surface area contributed by atoms with Gasteiger partial charge in [0.15, 0.2) is 0 Å². The predicted octanol–water partition coefficient (Wildman–Crippen LogP) is 2.27. The average Bonchev–Trinajstić information content (AvgIpc) is 3.28. The van der Waals surface area contributed by atoms with E-state index < -0.39 is 0 Å². The van der Waals surface area contributed by atoms with Crippen LogP contribution in [-0.2, 0) is 4.79 Å². The highest BCUT2D eigenvalue weighted by Crippen LogP contribution is 2.17. The zero-order valence-electron chi connectivity index (χ0n) is 16.3. The van der Waals surface area contributed by atoms with Crippen LogP contribution in [-0.4, -0.2) is 40.2 Å². The Balaban J connectivity index is 1.47. The predicted molar refractivity (Wildman–Crippen MR) is 108 cm³/mol. The van der Waals surface area contributed by atoms with Crippen molar-refractivity contribution in [1.82, 2.24) is 25.4 Å². The molecule has 1 aromatic heterocycles. The van der Waals surface area contributed by atoms with E-state index in [2.05, 4.69) is 20.7 Å². The number of nitrogens with one attached hydrogen (secondary N) is 2. The molecule has 0 aliphatic heterocycles. The number of amides is 2. The van der Waals surface area contributed by atoms with E-state index in [1.807, 2.05) is 31.2 Å². The Labute approximate surface area is 168 Å². The first kappa shape index (κ1) is 20.1. The second-order valence-corrected chi connectivity index (χ2v) is 6.43. The molecule has 2 aromatic carbocycles. The third-order valence-electron chi connectivity index (χ3n) is 4.44. The molecule has 2 N–H and O–H groups in total. The number of methoxy groups -OCH3 is 1. The van der Waals surface area contributed by atoms with Crippen LogP contribution in [0.25, 0.3) is 5.69 Å². The van der Waals surface area contributed by atoms with E-state index in [1.54, 1.807) is 35.3 Å². The van der Waals surface area contributed by atoms with Gasteiger partial charge in [0.2, 0.25) is 5.91 Å². The van der Waals surface area contributed by atoms with E-state index in [9.17, 15) is 9.59 Å². The van der Waals surface area contributed by atoms with Crippen LogP contribution in [0.5, 0.6) is 5.75 Å². The van der Waals surface area contributed by atoms with E-state index in [-0.39, 0.29) is 30.8 Å². The maximum Gasteiger partial charge on any atom is 0.255 e. The van der Waals surface area contributed by atoms with Crippen LogP contribution in [0.2, 0.25) is 0 Å². The fraction of sp³-hybridized carbons (Fsp3) is 0.238. The zero-order valence-corrected chi connectivity index (χ0v) is 16.3. The molecular formula is C21H23N5O3. The molecule has 0 saturated carbocycles. The summed E-state index contributed by atoms with van der Waals surface area (Å²) in [5, 5.41) is 9.77. The van der Waals surface area contributed by atoms with Gasteiger partial charge in [0.25, 0.3) is 5.91 Å². The number of aromatic nitrogens is 3. The fourth-order valence-corrected chi connectivity index (χ4v) is 2.87. The highest BCUT2D eigenvalue weighted by molar-refractivity contribution is 5.97. The number of nitrogens with zero attached hydrogens (tertiary/aromatic N) is 3. The van der Waals surface area contributed by atoms with Gasteiger partial charge in [-0.25, -0.2) is 9.67 Å². The lowest BCUT2D eigenvalue weighted by Gasteiger charge is -2.15. The summed E-state index contributed by atoms with van der Waals surface area (Å²) in [6, 6.07) is 14.5. The zero-order chi connectivity index (χ0) is 20.6. The summed E-state index contributed by atoms with van der Waals surface area (Å²) >= 11 is 0. The van der Waals surface area contributed by atoms with Gasteiger partial charge in [-0.2, -0.15) is 5.10 Å². The Kier molecular flexibility index (Phi) is 6.57. The minimum absolute atomic E-state index is 0.141. The molecule has 0 aliphatic rings. The number of carbonyl (C=O) groups is 2. The first-order valence-electron chi connectivity index (χ1n) is 9.24. The molecule has 0 radical (unpaired) electrons. The van der Waals surface area contributed by atoms with E-state index in [4.69, 9.17) is 4.74 Å². The number of hydrogen-bond acceptors (Lipinski definition) is 5. The number of ether oxygens (including phenoxy) is 1. The summed E-state index contributed by atoms with van der Waals surface area (Å²) in [4.78, 5) is 28.4. The van der Waals surface area contributed by atoms with Gasteiger partial charge in [0.1, 0.15) is 18.4 Å². The van der Waals surface area contributed by atoms with Crippen molar-refractivity contribution in [2.45, 2.75) is 19.4 Å². The molecule has 29 heavy (non-hydrogen) atoms. The molecule has 3 aromatic rings. The highest BCUT2D eigenvalue weighted by Gasteiger charge is 2.13. The Hall–Kier alpha value is -3.68. The highest BCUT2D eigenvalue weighted by atomic mass is 16.5. The standard InChI is InChI=1S/C21H23N5O3/c1-15(16-7-9-17(10-8-16)26-14-22-13-24-26)25-20(27)11-12-23-21(28)18-5-3-4-6-19(18)29-2/h3-10,13-15H,11-12H2,1-2H3,(H,23,28)(H,25,27). The molecule has 0 saturated heterocycles. The number of benzene rings is 2. The summed E-state index contributed by atoms with van der Waals surface area (Å²) in [5.41, 5.74) is 2.31. The summed E-state index contributed by atoms with van der Waals surface area (Å²) in [6.45, 7) is 2.15. The molecule has 8 nitrogen and oxygen atoms in total. The average molecular weight is 393 g/mol. The molecule has 1 unspecified atom stereocenters. The maximum absolute atomic E-state index is 12.2. The molecule has 0 spiro atoms. The van der Waals surface area contributed by atoms with Gasteiger partial charge in [-0.3, -0.25) is 9.59 Å². The normalized spacial score (nSPS) is 11.5.